The Bertz CT molecular complexity index is 712. The van der Waals surface area contributed by atoms with Gasteiger partial charge >= 0.3 is 0 Å². The molecule has 4 heteroatoms. The molecule has 0 saturated heterocycles. The molecule has 0 fully saturated rings. The number of ether oxygens (including phenoxy) is 2. The van der Waals surface area contributed by atoms with Crippen molar-refractivity contribution in [2.24, 2.45) is 0 Å². The summed E-state index contributed by atoms with van der Waals surface area (Å²) in [6, 6.07) is 13.7. The molecule has 0 saturated carbocycles. The van der Waals surface area contributed by atoms with Crippen LogP contribution in [-0.4, -0.2) is 18.6 Å². The average molecular weight is 341 g/mol. The van der Waals surface area contributed by atoms with Gasteiger partial charge in [-0.15, -0.1) is 0 Å². The van der Waals surface area contributed by atoms with Crippen LogP contribution in [0.5, 0.6) is 11.5 Å². The SMILES string of the molecule is CCOc1ccccc1CNC(=O)[C@@H](CC)Oc1ccc(C)cc1C. The van der Waals surface area contributed by atoms with E-state index >= 15 is 0 Å². The molecule has 0 aromatic heterocycles. The minimum Gasteiger partial charge on any atom is -0.494 e. The van der Waals surface area contributed by atoms with Crippen LogP contribution in [0.1, 0.15) is 37.0 Å². The lowest BCUT2D eigenvalue weighted by Crippen LogP contribution is -2.37. The van der Waals surface area contributed by atoms with E-state index in [1.54, 1.807) is 0 Å². The van der Waals surface area contributed by atoms with Gasteiger partial charge in [-0.2, -0.15) is 0 Å². The first-order valence-electron chi connectivity index (χ1n) is 8.77. The minimum absolute atomic E-state index is 0.117. The van der Waals surface area contributed by atoms with Gasteiger partial charge in [0.15, 0.2) is 6.10 Å². The molecule has 0 aliphatic heterocycles. The standard InChI is InChI=1S/C21H27NO3/c1-5-18(25-19-12-11-15(3)13-16(19)4)21(23)22-14-17-9-7-8-10-20(17)24-6-2/h7-13,18H,5-6,14H2,1-4H3,(H,22,23)/t18-/m1/s1. The van der Waals surface area contributed by atoms with Crippen molar-refractivity contribution < 1.29 is 14.3 Å². The van der Waals surface area contributed by atoms with Gasteiger partial charge in [0.1, 0.15) is 11.5 Å². The smallest absolute Gasteiger partial charge is 0.261 e. The number of carbonyl (C=O) groups is 1. The molecule has 1 amide bonds. The van der Waals surface area contributed by atoms with Gasteiger partial charge in [0.05, 0.1) is 6.61 Å². The van der Waals surface area contributed by atoms with Gasteiger partial charge in [-0.1, -0.05) is 42.8 Å². The molecule has 1 N–H and O–H groups in total. The molecule has 0 radical (unpaired) electrons. The third-order valence-corrected chi connectivity index (χ3v) is 3.99. The van der Waals surface area contributed by atoms with Gasteiger partial charge in [-0.25, -0.2) is 0 Å². The highest BCUT2D eigenvalue weighted by Crippen LogP contribution is 2.21. The second kappa shape index (κ2) is 9.11. The predicted octanol–water partition coefficient (Wildman–Crippen LogP) is 4.18. The summed E-state index contributed by atoms with van der Waals surface area (Å²) in [5, 5.41) is 2.96. The molecule has 0 spiro atoms. The van der Waals surface area contributed by atoms with Crippen molar-refractivity contribution in [2.75, 3.05) is 6.61 Å². The fourth-order valence-corrected chi connectivity index (χ4v) is 2.65. The summed E-state index contributed by atoms with van der Waals surface area (Å²) >= 11 is 0. The van der Waals surface area contributed by atoms with Gasteiger partial charge in [0, 0.05) is 12.1 Å². The maximum Gasteiger partial charge on any atom is 0.261 e. The number of carbonyl (C=O) groups excluding carboxylic acids is 1. The van der Waals surface area contributed by atoms with Crippen LogP contribution < -0.4 is 14.8 Å². The van der Waals surface area contributed by atoms with Crippen molar-refractivity contribution in [3.8, 4) is 11.5 Å². The number of aryl methyl sites for hydroxylation is 2. The maximum absolute atomic E-state index is 12.5. The van der Waals surface area contributed by atoms with Gasteiger partial charge in [-0.05, 0) is 44.9 Å². The molecule has 134 valence electrons. The number of amides is 1. The van der Waals surface area contributed by atoms with Crippen LogP contribution in [0.25, 0.3) is 0 Å². The Kier molecular flexibility index (Phi) is 6.87. The molecule has 0 unspecified atom stereocenters. The van der Waals surface area contributed by atoms with Gasteiger partial charge in [0.2, 0.25) is 0 Å². The monoisotopic (exact) mass is 341 g/mol. The van der Waals surface area contributed by atoms with Crippen molar-refractivity contribution in [3.05, 3.63) is 59.2 Å². The van der Waals surface area contributed by atoms with E-state index in [0.29, 0.717) is 19.6 Å². The zero-order valence-corrected chi connectivity index (χ0v) is 15.5. The van der Waals surface area contributed by atoms with Crippen molar-refractivity contribution >= 4 is 5.91 Å². The second-order valence-electron chi connectivity index (χ2n) is 6.04. The third kappa shape index (κ3) is 5.24. The lowest BCUT2D eigenvalue weighted by atomic mass is 10.1. The first-order chi connectivity index (χ1) is 12.0. The molecule has 0 bridgehead atoms. The van der Waals surface area contributed by atoms with Crippen LogP contribution >= 0.6 is 0 Å². The Hall–Kier alpha value is -2.49. The highest BCUT2D eigenvalue weighted by molar-refractivity contribution is 5.81. The topological polar surface area (TPSA) is 47.6 Å². The molecular formula is C21H27NO3. The zero-order valence-electron chi connectivity index (χ0n) is 15.5. The average Bonchev–Trinajstić information content (AvgIpc) is 2.60. The van der Waals surface area contributed by atoms with Crippen molar-refractivity contribution in [2.45, 2.75) is 46.8 Å². The molecule has 25 heavy (non-hydrogen) atoms. The molecule has 0 aliphatic carbocycles. The predicted molar refractivity (Wildman–Crippen MR) is 100 cm³/mol. The molecule has 4 nitrogen and oxygen atoms in total. The number of hydrogen-bond acceptors (Lipinski definition) is 3. The van der Waals surface area contributed by atoms with Crippen LogP contribution in [0.4, 0.5) is 0 Å². The molecule has 2 aromatic rings. The molecule has 0 heterocycles. The Morgan fingerprint density at radius 2 is 1.84 bits per heavy atom. The summed E-state index contributed by atoms with van der Waals surface area (Å²) in [5.74, 6) is 1.43. The van der Waals surface area contributed by atoms with E-state index in [4.69, 9.17) is 9.47 Å². The van der Waals surface area contributed by atoms with Crippen LogP contribution in [0.15, 0.2) is 42.5 Å². The van der Waals surface area contributed by atoms with E-state index in [0.717, 1.165) is 22.6 Å². The fraction of sp³-hybridized carbons (Fsp3) is 0.381. The van der Waals surface area contributed by atoms with Gasteiger partial charge < -0.3 is 14.8 Å². The summed E-state index contributed by atoms with van der Waals surface area (Å²) in [6.45, 7) is 8.93. The third-order valence-electron chi connectivity index (χ3n) is 3.99. The Balaban J connectivity index is 2.00. The summed E-state index contributed by atoms with van der Waals surface area (Å²) in [7, 11) is 0. The van der Waals surface area contributed by atoms with E-state index < -0.39 is 6.10 Å². The summed E-state index contributed by atoms with van der Waals surface area (Å²) in [6.07, 6.45) is 0.0902. The summed E-state index contributed by atoms with van der Waals surface area (Å²) in [5.41, 5.74) is 3.17. The summed E-state index contributed by atoms with van der Waals surface area (Å²) < 4.78 is 11.5. The van der Waals surface area contributed by atoms with E-state index in [1.165, 1.54) is 5.56 Å². The Labute approximate surface area is 150 Å². The Morgan fingerprint density at radius 3 is 2.52 bits per heavy atom. The van der Waals surface area contributed by atoms with E-state index in [-0.39, 0.29) is 5.91 Å². The number of rotatable bonds is 8. The Morgan fingerprint density at radius 1 is 1.08 bits per heavy atom. The number of nitrogens with one attached hydrogen (secondary N) is 1. The molecule has 1 atom stereocenters. The second-order valence-corrected chi connectivity index (χ2v) is 6.04. The fourth-order valence-electron chi connectivity index (χ4n) is 2.65. The van der Waals surface area contributed by atoms with E-state index in [1.807, 2.05) is 64.1 Å². The van der Waals surface area contributed by atoms with Crippen molar-refractivity contribution in [3.63, 3.8) is 0 Å². The number of benzene rings is 2. The molecular weight excluding hydrogens is 314 g/mol. The van der Waals surface area contributed by atoms with Crippen LogP contribution in [0.2, 0.25) is 0 Å². The van der Waals surface area contributed by atoms with E-state index in [9.17, 15) is 4.79 Å². The highest BCUT2D eigenvalue weighted by Gasteiger charge is 2.19. The highest BCUT2D eigenvalue weighted by atomic mass is 16.5. The van der Waals surface area contributed by atoms with Crippen molar-refractivity contribution in [1.82, 2.24) is 5.32 Å². The van der Waals surface area contributed by atoms with Gasteiger partial charge in [-0.3, -0.25) is 4.79 Å². The summed E-state index contributed by atoms with van der Waals surface area (Å²) in [4.78, 5) is 12.5. The molecule has 2 aromatic carbocycles. The zero-order chi connectivity index (χ0) is 18.2. The van der Waals surface area contributed by atoms with Crippen molar-refractivity contribution in [1.29, 1.82) is 0 Å². The first-order valence-corrected chi connectivity index (χ1v) is 8.77. The minimum atomic E-state index is -0.513. The van der Waals surface area contributed by atoms with Gasteiger partial charge in [0.25, 0.3) is 5.91 Å². The number of para-hydroxylation sites is 1. The first kappa shape index (κ1) is 18.8. The lowest BCUT2D eigenvalue weighted by Gasteiger charge is -2.19. The quantitative estimate of drug-likeness (QED) is 0.784. The van der Waals surface area contributed by atoms with E-state index in [2.05, 4.69) is 11.4 Å². The largest absolute Gasteiger partial charge is 0.494 e. The van der Waals surface area contributed by atoms with Crippen LogP contribution in [0, 0.1) is 13.8 Å². The molecule has 0 aliphatic rings. The normalized spacial score (nSPS) is 11.7. The number of hydrogen-bond donors (Lipinski definition) is 1. The van der Waals surface area contributed by atoms with Crippen LogP contribution in [-0.2, 0) is 11.3 Å². The van der Waals surface area contributed by atoms with Crippen LogP contribution in [0.3, 0.4) is 0 Å². The lowest BCUT2D eigenvalue weighted by molar-refractivity contribution is -0.128. The molecule has 2 rings (SSSR count). The maximum atomic E-state index is 12.5.